The minimum Gasteiger partial charge on any atom is -0.492 e. The molecule has 1 rings (SSSR count). The molecular formula is C11H15NO4. The molecule has 0 aliphatic rings. The van der Waals surface area contributed by atoms with Gasteiger partial charge in [0.15, 0.2) is 0 Å². The van der Waals surface area contributed by atoms with E-state index in [1.54, 1.807) is 12.3 Å². The number of ether oxygens (including phenoxy) is 3. The molecule has 1 aromatic rings. The second-order valence-electron chi connectivity index (χ2n) is 3.01. The molecule has 0 saturated carbocycles. The van der Waals surface area contributed by atoms with Crippen LogP contribution >= 0.6 is 0 Å². The van der Waals surface area contributed by atoms with Crippen LogP contribution in [0.3, 0.4) is 0 Å². The van der Waals surface area contributed by atoms with Gasteiger partial charge < -0.3 is 14.2 Å². The van der Waals surface area contributed by atoms with Gasteiger partial charge in [-0.1, -0.05) is 0 Å². The lowest BCUT2D eigenvalue weighted by molar-refractivity contribution is -0.0742. The molecule has 0 bridgehead atoms. The summed E-state index contributed by atoms with van der Waals surface area (Å²) in [7, 11) is 2.82. The van der Waals surface area contributed by atoms with Crippen molar-refractivity contribution in [2.24, 2.45) is 0 Å². The molecule has 0 amide bonds. The maximum Gasteiger partial charge on any atom is 0.222 e. The first-order valence-corrected chi connectivity index (χ1v) is 4.90. The summed E-state index contributed by atoms with van der Waals surface area (Å²) in [5.41, 5.74) is 0.402. The first-order chi connectivity index (χ1) is 7.72. The highest BCUT2D eigenvalue weighted by Crippen LogP contribution is 2.13. The van der Waals surface area contributed by atoms with Crippen molar-refractivity contribution in [3.63, 3.8) is 0 Å². The van der Waals surface area contributed by atoms with Crippen LogP contribution < -0.4 is 4.74 Å². The van der Waals surface area contributed by atoms with Crippen molar-refractivity contribution in [2.75, 3.05) is 20.8 Å². The number of carbonyl (C=O) groups excluding carboxylic acids is 1. The van der Waals surface area contributed by atoms with Gasteiger partial charge in [-0.2, -0.15) is 0 Å². The van der Waals surface area contributed by atoms with Gasteiger partial charge in [0.05, 0.1) is 12.8 Å². The number of hydrogen-bond donors (Lipinski definition) is 0. The van der Waals surface area contributed by atoms with Crippen molar-refractivity contribution < 1.29 is 19.0 Å². The van der Waals surface area contributed by atoms with E-state index in [-0.39, 0.29) is 5.78 Å². The zero-order valence-corrected chi connectivity index (χ0v) is 9.60. The summed E-state index contributed by atoms with van der Waals surface area (Å²) in [6.45, 7) is 2.39. The summed E-state index contributed by atoms with van der Waals surface area (Å²) in [6.07, 6.45) is 2.10. The summed E-state index contributed by atoms with van der Waals surface area (Å²) in [5, 5.41) is 0. The van der Waals surface area contributed by atoms with Gasteiger partial charge in [-0.15, -0.1) is 0 Å². The zero-order valence-electron chi connectivity index (χ0n) is 9.60. The van der Waals surface area contributed by atoms with E-state index in [2.05, 4.69) is 4.98 Å². The topological polar surface area (TPSA) is 57.7 Å². The van der Waals surface area contributed by atoms with Gasteiger partial charge in [-0.3, -0.25) is 9.78 Å². The number of nitrogens with zero attached hydrogens (tertiary/aromatic N) is 1. The standard InChI is InChI=1S/C11H15NO4/c1-4-16-9-5-8(6-12-7-9)10(13)11(14-2)15-3/h5-7,11H,4H2,1-3H3. The molecule has 5 nitrogen and oxygen atoms in total. The Kier molecular flexibility index (Phi) is 4.88. The van der Waals surface area contributed by atoms with Crippen LogP contribution in [-0.2, 0) is 9.47 Å². The maximum atomic E-state index is 11.8. The quantitative estimate of drug-likeness (QED) is 0.539. The molecule has 1 heterocycles. The zero-order chi connectivity index (χ0) is 12.0. The van der Waals surface area contributed by atoms with Crippen LogP contribution in [0.25, 0.3) is 0 Å². The summed E-state index contributed by atoms with van der Waals surface area (Å²) in [6, 6.07) is 1.61. The number of ketones is 1. The van der Waals surface area contributed by atoms with Gasteiger partial charge in [0, 0.05) is 26.0 Å². The fraction of sp³-hybridized carbons (Fsp3) is 0.455. The van der Waals surface area contributed by atoms with Crippen molar-refractivity contribution in [3.05, 3.63) is 24.0 Å². The highest BCUT2D eigenvalue weighted by atomic mass is 16.7. The first-order valence-electron chi connectivity index (χ1n) is 4.90. The van der Waals surface area contributed by atoms with E-state index >= 15 is 0 Å². The highest BCUT2D eigenvalue weighted by molar-refractivity contribution is 5.98. The predicted octanol–water partition coefficient (Wildman–Crippen LogP) is 1.28. The average Bonchev–Trinajstić information content (AvgIpc) is 2.31. The van der Waals surface area contributed by atoms with Gasteiger partial charge in [0.1, 0.15) is 5.75 Å². The van der Waals surface area contributed by atoms with E-state index in [9.17, 15) is 4.79 Å². The lowest BCUT2D eigenvalue weighted by Crippen LogP contribution is -2.25. The normalized spacial score (nSPS) is 10.5. The van der Waals surface area contributed by atoms with E-state index in [1.807, 2.05) is 6.92 Å². The molecule has 5 heteroatoms. The fourth-order valence-corrected chi connectivity index (χ4v) is 1.25. The van der Waals surface area contributed by atoms with Crippen LogP contribution in [0.1, 0.15) is 17.3 Å². The van der Waals surface area contributed by atoms with Crippen LogP contribution in [0.4, 0.5) is 0 Å². The first kappa shape index (κ1) is 12.6. The molecular weight excluding hydrogens is 210 g/mol. The molecule has 0 radical (unpaired) electrons. The van der Waals surface area contributed by atoms with Crippen molar-refractivity contribution in [2.45, 2.75) is 13.2 Å². The molecule has 0 unspecified atom stereocenters. The minimum atomic E-state index is -0.904. The van der Waals surface area contributed by atoms with Crippen LogP contribution in [0.5, 0.6) is 5.75 Å². The number of Topliss-reactive ketones (excluding diaryl/α,β-unsaturated/α-hetero) is 1. The Morgan fingerprint density at radius 1 is 1.38 bits per heavy atom. The number of rotatable bonds is 6. The third-order valence-corrected chi connectivity index (χ3v) is 1.95. The third kappa shape index (κ3) is 3.01. The van der Waals surface area contributed by atoms with Gasteiger partial charge in [0.25, 0.3) is 0 Å². The summed E-state index contributed by atoms with van der Waals surface area (Å²) >= 11 is 0. The fourth-order valence-electron chi connectivity index (χ4n) is 1.25. The summed E-state index contributed by atoms with van der Waals surface area (Å²) < 4.78 is 15.0. The van der Waals surface area contributed by atoms with Gasteiger partial charge in [-0.05, 0) is 13.0 Å². The smallest absolute Gasteiger partial charge is 0.222 e. The predicted molar refractivity (Wildman–Crippen MR) is 57.5 cm³/mol. The molecule has 0 atom stereocenters. The number of hydrogen-bond acceptors (Lipinski definition) is 5. The Balaban J connectivity index is 2.86. The molecule has 0 saturated heterocycles. The maximum absolute atomic E-state index is 11.8. The van der Waals surface area contributed by atoms with E-state index in [4.69, 9.17) is 14.2 Å². The molecule has 0 fully saturated rings. The number of methoxy groups -OCH3 is 2. The van der Waals surface area contributed by atoms with E-state index in [0.29, 0.717) is 17.9 Å². The van der Waals surface area contributed by atoms with E-state index < -0.39 is 6.29 Å². The number of pyridine rings is 1. The highest BCUT2D eigenvalue weighted by Gasteiger charge is 2.19. The molecule has 16 heavy (non-hydrogen) atoms. The Morgan fingerprint density at radius 3 is 2.62 bits per heavy atom. The average molecular weight is 225 g/mol. The van der Waals surface area contributed by atoms with Crippen molar-refractivity contribution in [1.29, 1.82) is 0 Å². The Hall–Kier alpha value is -1.46. The van der Waals surface area contributed by atoms with Crippen molar-refractivity contribution in [1.82, 2.24) is 4.98 Å². The molecule has 0 aliphatic carbocycles. The van der Waals surface area contributed by atoms with Crippen LogP contribution in [0, 0.1) is 0 Å². The van der Waals surface area contributed by atoms with E-state index in [0.717, 1.165) is 0 Å². The molecule has 0 aromatic carbocycles. The van der Waals surface area contributed by atoms with Gasteiger partial charge >= 0.3 is 0 Å². The van der Waals surface area contributed by atoms with Gasteiger partial charge in [0.2, 0.25) is 12.1 Å². The molecule has 0 N–H and O–H groups in total. The number of carbonyl (C=O) groups is 1. The molecule has 0 aliphatic heterocycles. The molecule has 1 aromatic heterocycles. The van der Waals surface area contributed by atoms with Crippen LogP contribution in [0.2, 0.25) is 0 Å². The Labute approximate surface area is 94.3 Å². The van der Waals surface area contributed by atoms with E-state index in [1.165, 1.54) is 20.4 Å². The lowest BCUT2D eigenvalue weighted by atomic mass is 10.2. The summed E-state index contributed by atoms with van der Waals surface area (Å²) in [5.74, 6) is 0.276. The van der Waals surface area contributed by atoms with Crippen LogP contribution in [0.15, 0.2) is 18.5 Å². The Bertz CT molecular complexity index is 350. The number of aromatic nitrogens is 1. The SMILES string of the molecule is CCOc1cncc(C(=O)C(OC)OC)c1. The lowest BCUT2D eigenvalue weighted by Gasteiger charge is -2.12. The second-order valence-corrected chi connectivity index (χ2v) is 3.01. The van der Waals surface area contributed by atoms with Crippen molar-refractivity contribution in [3.8, 4) is 5.75 Å². The molecule has 88 valence electrons. The second kappa shape index (κ2) is 6.19. The summed E-state index contributed by atoms with van der Waals surface area (Å²) in [4.78, 5) is 15.7. The van der Waals surface area contributed by atoms with Crippen LogP contribution in [-0.4, -0.2) is 37.9 Å². The Morgan fingerprint density at radius 2 is 2.06 bits per heavy atom. The largest absolute Gasteiger partial charge is 0.492 e. The third-order valence-electron chi connectivity index (χ3n) is 1.95. The minimum absolute atomic E-state index is 0.279. The van der Waals surface area contributed by atoms with Crippen molar-refractivity contribution >= 4 is 5.78 Å². The molecule has 0 spiro atoms. The van der Waals surface area contributed by atoms with Gasteiger partial charge in [-0.25, -0.2) is 0 Å². The monoisotopic (exact) mass is 225 g/mol.